The molecule has 3 fully saturated rings. The van der Waals surface area contributed by atoms with Crippen molar-refractivity contribution in [2.24, 2.45) is 0 Å². The third kappa shape index (κ3) is 6.10. The molecule has 0 saturated carbocycles. The normalized spacial score (nSPS) is 51.1. The van der Waals surface area contributed by atoms with Gasteiger partial charge in [0.15, 0.2) is 18.9 Å². The van der Waals surface area contributed by atoms with Crippen molar-refractivity contribution in [2.75, 3.05) is 6.61 Å². The average Bonchev–Trinajstić information content (AvgIpc) is 2.80. The van der Waals surface area contributed by atoms with Crippen LogP contribution in [0.2, 0.25) is 0 Å². The number of carbonyl (C=O) groups excluding carboxylic acids is 1. The number of rotatable bonds is 6. The van der Waals surface area contributed by atoms with E-state index >= 15 is 0 Å². The van der Waals surface area contributed by atoms with Gasteiger partial charge in [-0.15, -0.1) is 0 Å². The summed E-state index contributed by atoms with van der Waals surface area (Å²) in [5.74, 6) is -0.595. The molecule has 0 unspecified atom stereocenters. The lowest BCUT2D eigenvalue weighted by molar-refractivity contribution is -0.344. The van der Waals surface area contributed by atoms with E-state index < -0.39 is 105 Å². The van der Waals surface area contributed by atoms with Crippen LogP contribution in [0.25, 0.3) is 0 Å². The summed E-state index contributed by atoms with van der Waals surface area (Å²) in [6.45, 7) is 3.54. The first kappa shape index (κ1) is 28.5. The zero-order valence-electron chi connectivity index (χ0n) is 19.4. The summed E-state index contributed by atoms with van der Waals surface area (Å²) in [4.78, 5) is 11.7. The van der Waals surface area contributed by atoms with Gasteiger partial charge in [0, 0.05) is 6.92 Å². The molecule has 3 saturated heterocycles. The van der Waals surface area contributed by atoms with E-state index in [-0.39, 0.29) is 0 Å². The van der Waals surface area contributed by atoms with Gasteiger partial charge in [-0.1, -0.05) is 0 Å². The molecule has 1 amide bonds. The van der Waals surface area contributed by atoms with Crippen LogP contribution in [0.1, 0.15) is 20.8 Å². The Morgan fingerprint density at radius 1 is 0.743 bits per heavy atom. The predicted molar refractivity (Wildman–Crippen MR) is 110 cm³/mol. The third-order valence-corrected chi connectivity index (χ3v) is 6.40. The second kappa shape index (κ2) is 11.6. The Labute approximate surface area is 200 Å². The molecule has 3 aliphatic heterocycles. The highest BCUT2D eigenvalue weighted by molar-refractivity contribution is 5.73. The van der Waals surface area contributed by atoms with Gasteiger partial charge in [-0.2, -0.15) is 0 Å². The Balaban J connectivity index is 1.73. The smallest absolute Gasteiger partial charge is 0.217 e. The van der Waals surface area contributed by atoms with E-state index in [0.29, 0.717) is 0 Å². The quantitative estimate of drug-likeness (QED) is 0.161. The topological polar surface area (TPSA) is 237 Å². The van der Waals surface area contributed by atoms with Crippen molar-refractivity contribution in [3.63, 3.8) is 0 Å². The van der Waals surface area contributed by atoms with Gasteiger partial charge in [-0.25, -0.2) is 0 Å². The number of ether oxygens (including phenoxy) is 5. The van der Waals surface area contributed by atoms with E-state index in [4.69, 9.17) is 23.7 Å². The Bertz CT molecular complexity index is 715. The monoisotopic (exact) mass is 513 g/mol. The largest absolute Gasteiger partial charge is 0.388 e. The maximum absolute atomic E-state index is 11.7. The molecule has 204 valence electrons. The van der Waals surface area contributed by atoms with E-state index in [1.807, 2.05) is 0 Å². The van der Waals surface area contributed by atoms with Crippen LogP contribution >= 0.6 is 0 Å². The molecular formula is C20H35NO14. The summed E-state index contributed by atoms with van der Waals surface area (Å²) in [7, 11) is 0. The highest BCUT2D eigenvalue weighted by Gasteiger charge is 2.51. The van der Waals surface area contributed by atoms with E-state index in [0.717, 1.165) is 6.92 Å². The molecule has 9 N–H and O–H groups in total. The van der Waals surface area contributed by atoms with Gasteiger partial charge in [-0.05, 0) is 13.8 Å². The van der Waals surface area contributed by atoms with Crippen molar-refractivity contribution < 1.29 is 69.3 Å². The van der Waals surface area contributed by atoms with Crippen LogP contribution in [-0.2, 0) is 28.5 Å². The number of hydrogen-bond donors (Lipinski definition) is 9. The first-order chi connectivity index (χ1) is 16.3. The molecule has 15 atom stereocenters. The molecule has 35 heavy (non-hydrogen) atoms. The molecule has 3 rings (SSSR count). The van der Waals surface area contributed by atoms with E-state index in [9.17, 15) is 45.6 Å². The lowest BCUT2D eigenvalue weighted by Gasteiger charge is -2.47. The number of carbonyl (C=O) groups is 1. The Morgan fingerprint density at radius 2 is 1.26 bits per heavy atom. The molecule has 0 bridgehead atoms. The molecule has 0 aliphatic carbocycles. The molecule has 0 aromatic rings. The number of hydrogen-bond acceptors (Lipinski definition) is 14. The average molecular weight is 513 g/mol. The van der Waals surface area contributed by atoms with Gasteiger partial charge < -0.3 is 69.9 Å². The van der Waals surface area contributed by atoms with E-state index in [1.54, 1.807) is 0 Å². The fourth-order valence-corrected chi connectivity index (χ4v) is 4.24. The molecule has 0 aromatic carbocycles. The predicted octanol–water partition coefficient (Wildman–Crippen LogP) is -5.37. The summed E-state index contributed by atoms with van der Waals surface area (Å²) in [5.41, 5.74) is 0. The molecule has 15 nitrogen and oxygen atoms in total. The first-order valence-electron chi connectivity index (χ1n) is 11.3. The lowest BCUT2D eigenvalue weighted by atomic mass is 9.95. The van der Waals surface area contributed by atoms with Crippen molar-refractivity contribution in [3.8, 4) is 0 Å². The van der Waals surface area contributed by atoms with Gasteiger partial charge in [0.2, 0.25) is 5.91 Å². The summed E-state index contributed by atoms with van der Waals surface area (Å²) < 4.78 is 27.2. The second-order valence-corrected chi connectivity index (χ2v) is 9.08. The van der Waals surface area contributed by atoms with Crippen LogP contribution < -0.4 is 5.32 Å². The SMILES string of the molecule is CC(=O)N[C@@H]1[C@@H](O[C@H]2O[C@@H](C)[C@@H](O)[C@@H](O)[C@@H]2O)[C@H](O)[C@@H](CO[C@@H]2O[C@@H](C)[C@@H](O)[C@@H](O)[C@@H]2O)O[C@H]1O. The van der Waals surface area contributed by atoms with Gasteiger partial charge in [0.25, 0.3) is 0 Å². The van der Waals surface area contributed by atoms with Gasteiger partial charge in [0.05, 0.1) is 18.8 Å². The molecular weight excluding hydrogens is 478 g/mol. The van der Waals surface area contributed by atoms with Gasteiger partial charge >= 0.3 is 0 Å². The zero-order valence-corrected chi connectivity index (χ0v) is 19.4. The fraction of sp³-hybridized carbons (Fsp3) is 0.950. The third-order valence-electron chi connectivity index (χ3n) is 6.40. The fourth-order valence-electron chi connectivity index (χ4n) is 4.24. The number of nitrogens with one attached hydrogen (secondary N) is 1. The zero-order chi connectivity index (χ0) is 26.2. The van der Waals surface area contributed by atoms with E-state index in [2.05, 4.69) is 5.32 Å². The lowest BCUT2D eigenvalue weighted by Crippen LogP contribution is -2.67. The summed E-state index contributed by atoms with van der Waals surface area (Å²) >= 11 is 0. The Hall–Kier alpha value is -1.05. The standard InChI is InChI=1S/C20H35NO14/c1-5-10(23)13(26)15(28)19(32-5)31-4-8-12(25)17(9(18(30)34-8)21-7(3)22)35-20-16(29)14(27)11(24)6(2)33-20/h5-6,8-20,23-30H,4H2,1-3H3,(H,21,22)/t5-,6-,8+,9+,10+,11+,12+,13+,14+,15-,16-,17+,18+,19+,20+/m0/s1. The minimum atomic E-state index is -1.72. The first-order valence-corrected chi connectivity index (χ1v) is 11.3. The highest BCUT2D eigenvalue weighted by atomic mass is 16.7. The minimum absolute atomic E-state index is 0.492. The molecule has 3 heterocycles. The van der Waals surface area contributed by atoms with Gasteiger partial charge in [-0.3, -0.25) is 4.79 Å². The highest BCUT2D eigenvalue weighted by Crippen LogP contribution is 2.30. The van der Waals surface area contributed by atoms with Crippen LogP contribution in [0, 0.1) is 0 Å². The van der Waals surface area contributed by atoms with Crippen molar-refractivity contribution in [1.29, 1.82) is 0 Å². The Kier molecular flexibility index (Phi) is 9.42. The molecule has 0 radical (unpaired) electrons. The van der Waals surface area contributed by atoms with Crippen LogP contribution in [0.5, 0.6) is 0 Å². The molecule has 0 aromatic heterocycles. The van der Waals surface area contributed by atoms with Crippen LogP contribution in [0.3, 0.4) is 0 Å². The van der Waals surface area contributed by atoms with Crippen molar-refractivity contribution in [1.82, 2.24) is 5.32 Å². The summed E-state index contributed by atoms with van der Waals surface area (Å²) in [6.07, 6.45) is -20.2. The maximum atomic E-state index is 11.7. The van der Waals surface area contributed by atoms with Gasteiger partial charge in [0.1, 0.15) is 61.0 Å². The van der Waals surface area contributed by atoms with Crippen LogP contribution in [-0.4, -0.2) is 145 Å². The minimum Gasteiger partial charge on any atom is -0.388 e. The van der Waals surface area contributed by atoms with Crippen molar-refractivity contribution in [3.05, 3.63) is 0 Å². The summed E-state index contributed by atoms with van der Waals surface area (Å²) in [5, 5.41) is 83.9. The van der Waals surface area contributed by atoms with Crippen molar-refractivity contribution in [2.45, 2.75) is 113 Å². The summed E-state index contributed by atoms with van der Waals surface area (Å²) in [6, 6.07) is -1.33. The van der Waals surface area contributed by atoms with E-state index in [1.165, 1.54) is 13.8 Å². The number of aliphatic hydroxyl groups is 8. The second-order valence-electron chi connectivity index (χ2n) is 9.08. The number of amides is 1. The van der Waals surface area contributed by atoms with Crippen LogP contribution in [0.15, 0.2) is 0 Å². The maximum Gasteiger partial charge on any atom is 0.217 e. The molecule has 0 spiro atoms. The van der Waals surface area contributed by atoms with Crippen molar-refractivity contribution >= 4 is 5.91 Å². The molecule has 15 heteroatoms. The number of aliphatic hydroxyl groups excluding tert-OH is 8. The Morgan fingerprint density at radius 3 is 1.80 bits per heavy atom. The molecule has 3 aliphatic rings. The van der Waals surface area contributed by atoms with Crippen LogP contribution in [0.4, 0.5) is 0 Å².